The molecule has 68 valence electrons. The molecule has 0 aliphatic heterocycles. The summed E-state index contributed by atoms with van der Waals surface area (Å²) in [5.74, 6) is 0. The normalized spacial score (nSPS) is 15.0. The highest BCUT2D eigenvalue weighted by atomic mass is 19.4. The SMILES string of the molecule is CNC(CCOC)C(F)(F)F. The summed E-state index contributed by atoms with van der Waals surface area (Å²) in [4.78, 5) is 0. The number of hydrogen-bond acceptors (Lipinski definition) is 2. The van der Waals surface area contributed by atoms with Gasteiger partial charge in [-0.2, -0.15) is 13.2 Å². The predicted molar refractivity (Wildman–Crippen MR) is 35.4 cm³/mol. The number of alkyl halides is 3. The molecule has 0 fully saturated rings. The maximum absolute atomic E-state index is 11.9. The zero-order valence-corrected chi connectivity index (χ0v) is 6.53. The van der Waals surface area contributed by atoms with Crippen LogP contribution in [0.2, 0.25) is 0 Å². The van der Waals surface area contributed by atoms with Gasteiger partial charge in [-0.05, 0) is 13.5 Å². The Bertz CT molecular complexity index is 104. The van der Waals surface area contributed by atoms with E-state index >= 15 is 0 Å². The van der Waals surface area contributed by atoms with Crippen molar-refractivity contribution in [2.75, 3.05) is 20.8 Å². The van der Waals surface area contributed by atoms with Crippen LogP contribution in [0.4, 0.5) is 13.2 Å². The van der Waals surface area contributed by atoms with E-state index in [9.17, 15) is 13.2 Å². The molecule has 0 saturated heterocycles. The molecule has 0 rings (SSSR count). The number of hydrogen-bond donors (Lipinski definition) is 1. The minimum absolute atomic E-state index is 0.0451. The fourth-order valence-corrected chi connectivity index (χ4v) is 0.707. The summed E-state index contributed by atoms with van der Waals surface area (Å²) in [6.07, 6.45) is -4.22. The van der Waals surface area contributed by atoms with E-state index in [-0.39, 0.29) is 13.0 Å². The lowest BCUT2D eigenvalue weighted by atomic mass is 10.2. The fraction of sp³-hybridized carbons (Fsp3) is 1.00. The first-order chi connectivity index (χ1) is 5.02. The van der Waals surface area contributed by atoms with Crippen LogP contribution in [0.5, 0.6) is 0 Å². The van der Waals surface area contributed by atoms with Crippen LogP contribution in [0, 0.1) is 0 Å². The Hall–Kier alpha value is -0.290. The molecule has 0 aromatic carbocycles. The highest BCUT2D eigenvalue weighted by Crippen LogP contribution is 2.21. The van der Waals surface area contributed by atoms with Gasteiger partial charge in [-0.3, -0.25) is 0 Å². The van der Waals surface area contributed by atoms with Gasteiger partial charge in [-0.1, -0.05) is 0 Å². The summed E-state index contributed by atoms with van der Waals surface area (Å²) in [5.41, 5.74) is 0. The molecule has 0 heterocycles. The molecule has 11 heavy (non-hydrogen) atoms. The summed E-state index contributed by atoms with van der Waals surface area (Å²) in [6, 6.07) is -1.46. The van der Waals surface area contributed by atoms with Crippen molar-refractivity contribution in [3.63, 3.8) is 0 Å². The number of ether oxygens (including phenoxy) is 1. The average molecular weight is 171 g/mol. The number of nitrogens with one attached hydrogen (secondary N) is 1. The van der Waals surface area contributed by atoms with Crippen LogP contribution >= 0.6 is 0 Å². The van der Waals surface area contributed by atoms with Crippen molar-refractivity contribution >= 4 is 0 Å². The molecule has 0 bridgehead atoms. The summed E-state index contributed by atoms with van der Waals surface area (Å²) < 4.78 is 40.3. The molecule has 1 unspecified atom stereocenters. The first-order valence-electron chi connectivity index (χ1n) is 3.25. The molecule has 0 amide bonds. The first kappa shape index (κ1) is 10.7. The summed E-state index contributed by atoms with van der Waals surface area (Å²) in [7, 11) is 2.66. The van der Waals surface area contributed by atoms with Crippen molar-refractivity contribution in [3.05, 3.63) is 0 Å². The second-order valence-corrected chi connectivity index (χ2v) is 2.16. The standard InChI is InChI=1S/C6H12F3NO/c1-10-5(3-4-11-2)6(7,8)9/h5,10H,3-4H2,1-2H3. The first-order valence-corrected chi connectivity index (χ1v) is 3.25. The van der Waals surface area contributed by atoms with Crippen LogP contribution in [0.15, 0.2) is 0 Å². The number of rotatable bonds is 4. The van der Waals surface area contributed by atoms with Crippen LogP contribution in [0.1, 0.15) is 6.42 Å². The molecule has 0 aliphatic rings. The van der Waals surface area contributed by atoms with Crippen molar-refractivity contribution in [1.82, 2.24) is 5.32 Å². The van der Waals surface area contributed by atoms with Gasteiger partial charge >= 0.3 is 6.18 Å². The second-order valence-electron chi connectivity index (χ2n) is 2.16. The van der Waals surface area contributed by atoms with Gasteiger partial charge in [0.25, 0.3) is 0 Å². The largest absolute Gasteiger partial charge is 0.403 e. The van der Waals surface area contributed by atoms with Crippen LogP contribution in [-0.4, -0.2) is 33.0 Å². The van der Waals surface area contributed by atoms with Gasteiger partial charge < -0.3 is 10.1 Å². The van der Waals surface area contributed by atoms with E-state index in [0.29, 0.717) is 0 Å². The predicted octanol–water partition coefficient (Wildman–Crippen LogP) is 1.17. The third kappa shape index (κ3) is 4.21. The molecule has 0 aliphatic carbocycles. The van der Waals surface area contributed by atoms with E-state index in [0.717, 1.165) is 0 Å². The second kappa shape index (κ2) is 4.56. The molecule has 0 aromatic heterocycles. The van der Waals surface area contributed by atoms with Crippen molar-refractivity contribution in [1.29, 1.82) is 0 Å². The third-order valence-electron chi connectivity index (χ3n) is 1.35. The van der Waals surface area contributed by atoms with Crippen LogP contribution < -0.4 is 5.32 Å². The maximum Gasteiger partial charge on any atom is 0.403 e. The molecule has 0 aromatic rings. The van der Waals surface area contributed by atoms with E-state index in [1.165, 1.54) is 14.2 Å². The van der Waals surface area contributed by atoms with Gasteiger partial charge in [0.15, 0.2) is 0 Å². The Kier molecular flexibility index (Phi) is 4.44. The van der Waals surface area contributed by atoms with Gasteiger partial charge in [0, 0.05) is 13.7 Å². The molecular formula is C6H12F3NO. The Balaban J connectivity index is 3.76. The average Bonchev–Trinajstić information content (AvgIpc) is 1.87. The molecule has 0 spiro atoms. The quantitative estimate of drug-likeness (QED) is 0.685. The zero-order valence-electron chi connectivity index (χ0n) is 6.53. The number of methoxy groups -OCH3 is 1. The van der Waals surface area contributed by atoms with Crippen molar-refractivity contribution < 1.29 is 17.9 Å². The molecule has 0 saturated carbocycles. The Morgan fingerprint density at radius 2 is 2.00 bits per heavy atom. The summed E-state index contributed by atoms with van der Waals surface area (Å²) in [5, 5.41) is 2.17. The van der Waals surface area contributed by atoms with Gasteiger partial charge in [0.2, 0.25) is 0 Å². The smallest absolute Gasteiger partial charge is 0.385 e. The minimum atomic E-state index is -4.17. The van der Waals surface area contributed by atoms with E-state index in [1.54, 1.807) is 0 Å². The Morgan fingerprint density at radius 3 is 2.27 bits per heavy atom. The van der Waals surface area contributed by atoms with Crippen LogP contribution in [0.25, 0.3) is 0 Å². The zero-order chi connectivity index (χ0) is 8.91. The third-order valence-corrected chi connectivity index (χ3v) is 1.35. The fourth-order valence-electron chi connectivity index (χ4n) is 0.707. The van der Waals surface area contributed by atoms with Crippen LogP contribution in [0.3, 0.4) is 0 Å². The van der Waals surface area contributed by atoms with Gasteiger partial charge in [-0.15, -0.1) is 0 Å². The van der Waals surface area contributed by atoms with E-state index in [2.05, 4.69) is 10.1 Å². The van der Waals surface area contributed by atoms with Gasteiger partial charge in [-0.25, -0.2) is 0 Å². The number of halogens is 3. The highest BCUT2D eigenvalue weighted by Gasteiger charge is 2.37. The molecule has 1 N–H and O–H groups in total. The Morgan fingerprint density at radius 1 is 1.45 bits per heavy atom. The molecule has 5 heteroatoms. The van der Waals surface area contributed by atoms with Gasteiger partial charge in [0.1, 0.15) is 6.04 Å². The molecule has 2 nitrogen and oxygen atoms in total. The van der Waals surface area contributed by atoms with E-state index < -0.39 is 12.2 Å². The lowest BCUT2D eigenvalue weighted by molar-refractivity contribution is -0.158. The molecular weight excluding hydrogens is 159 g/mol. The molecule has 1 atom stereocenters. The Labute approximate surface area is 63.7 Å². The van der Waals surface area contributed by atoms with Crippen LogP contribution in [-0.2, 0) is 4.74 Å². The van der Waals surface area contributed by atoms with Gasteiger partial charge in [0.05, 0.1) is 0 Å². The lowest BCUT2D eigenvalue weighted by Gasteiger charge is -2.18. The lowest BCUT2D eigenvalue weighted by Crippen LogP contribution is -2.40. The monoisotopic (exact) mass is 171 g/mol. The summed E-state index contributed by atoms with van der Waals surface area (Å²) >= 11 is 0. The molecule has 0 radical (unpaired) electrons. The van der Waals surface area contributed by atoms with Crippen molar-refractivity contribution in [2.24, 2.45) is 0 Å². The van der Waals surface area contributed by atoms with Crippen molar-refractivity contribution in [2.45, 2.75) is 18.6 Å². The highest BCUT2D eigenvalue weighted by molar-refractivity contribution is 4.72. The minimum Gasteiger partial charge on any atom is -0.385 e. The van der Waals surface area contributed by atoms with E-state index in [4.69, 9.17) is 0 Å². The maximum atomic E-state index is 11.9. The van der Waals surface area contributed by atoms with Crippen molar-refractivity contribution in [3.8, 4) is 0 Å². The topological polar surface area (TPSA) is 21.3 Å². The van der Waals surface area contributed by atoms with E-state index in [1.807, 2.05) is 0 Å². The summed E-state index contributed by atoms with van der Waals surface area (Å²) in [6.45, 7) is 0.116.